The molecule has 0 rings (SSSR count). The van der Waals surface area contributed by atoms with Gasteiger partial charge >= 0.3 is 0 Å². The third kappa shape index (κ3) is 19.6. The second-order valence-electron chi connectivity index (χ2n) is 6.24. The van der Waals surface area contributed by atoms with Crippen molar-refractivity contribution in [2.24, 2.45) is 5.73 Å². The van der Waals surface area contributed by atoms with E-state index < -0.39 is 0 Å². The molecule has 3 heteroatoms. The van der Waals surface area contributed by atoms with Crippen molar-refractivity contribution in [3.05, 3.63) is 11.5 Å². The molecule has 2 nitrogen and oxygen atoms in total. The maximum absolute atomic E-state index is 7.07. The Kier molecular flexibility index (Phi) is 18.2. The van der Waals surface area contributed by atoms with Gasteiger partial charge in [0.25, 0.3) is 0 Å². The number of amidine groups is 1. The molecule has 0 saturated heterocycles. The van der Waals surface area contributed by atoms with Crippen molar-refractivity contribution in [3.63, 3.8) is 0 Å². The second kappa shape index (κ2) is 18.6. The quantitative estimate of drug-likeness (QED) is 0.182. The fourth-order valence-corrected chi connectivity index (χ4v) is 3.03. The van der Waals surface area contributed by atoms with Crippen LogP contribution in [0.2, 0.25) is 0 Å². The lowest BCUT2D eigenvalue weighted by Crippen LogP contribution is -2.01. The minimum atomic E-state index is 0.178. The molecule has 3 N–H and O–H groups in total. The van der Waals surface area contributed by atoms with Gasteiger partial charge in [0.1, 0.15) is 0 Å². The number of thioether (sulfide) groups is 1. The molecule has 0 aliphatic rings. The second-order valence-corrected chi connectivity index (χ2v) is 7.19. The van der Waals surface area contributed by atoms with Crippen molar-refractivity contribution in [1.82, 2.24) is 0 Å². The number of allylic oxidation sites excluding steroid dienone is 1. The van der Waals surface area contributed by atoms with Crippen molar-refractivity contribution in [1.29, 1.82) is 5.41 Å². The van der Waals surface area contributed by atoms with E-state index in [1.54, 1.807) is 0 Å². The molecule has 0 aromatic heterocycles. The number of hydrogen-bond acceptors (Lipinski definition) is 2. The van der Waals surface area contributed by atoms with Crippen molar-refractivity contribution in [2.45, 2.75) is 103 Å². The van der Waals surface area contributed by atoms with Crippen molar-refractivity contribution < 1.29 is 0 Å². The molecule has 0 radical (unpaired) electrons. The number of nitrogens with two attached hydrogens (primary N) is 1. The van der Waals surface area contributed by atoms with Crippen LogP contribution in [-0.4, -0.2) is 5.17 Å². The van der Waals surface area contributed by atoms with Gasteiger partial charge in [-0.05, 0) is 18.2 Å². The molecule has 0 saturated carbocycles. The average Bonchev–Trinajstić information content (AvgIpc) is 2.50. The van der Waals surface area contributed by atoms with Crippen LogP contribution >= 0.6 is 11.8 Å². The van der Waals surface area contributed by atoms with Crippen LogP contribution in [-0.2, 0) is 0 Å². The van der Waals surface area contributed by atoms with Gasteiger partial charge in [-0.2, -0.15) is 0 Å². The first-order chi connectivity index (χ1) is 10.8. The zero-order valence-corrected chi connectivity index (χ0v) is 15.6. The van der Waals surface area contributed by atoms with Crippen LogP contribution in [0.1, 0.15) is 103 Å². The highest BCUT2D eigenvalue weighted by Crippen LogP contribution is 2.13. The van der Waals surface area contributed by atoms with Crippen LogP contribution in [0.15, 0.2) is 11.5 Å². The summed E-state index contributed by atoms with van der Waals surface area (Å²) in [6, 6.07) is 0. The number of hydrogen-bond donors (Lipinski definition) is 2. The van der Waals surface area contributed by atoms with Gasteiger partial charge in [0.15, 0.2) is 5.17 Å². The van der Waals surface area contributed by atoms with Gasteiger partial charge in [-0.25, -0.2) is 0 Å². The Bertz CT molecular complexity index is 264. The SMILES string of the molecule is CCCCCCCCCCCCCCCC/C=C/SC(=N)N. The topological polar surface area (TPSA) is 49.9 Å². The molecule has 0 aliphatic heterocycles. The molecular formula is C19H38N2S. The maximum atomic E-state index is 7.07. The minimum Gasteiger partial charge on any atom is -0.378 e. The first kappa shape index (κ1) is 21.6. The third-order valence-corrected chi connectivity index (χ3v) is 4.60. The lowest BCUT2D eigenvalue weighted by molar-refractivity contribution is 0.536. The van der Waals surface area contributed by atoms with Crippen molar-refractivity contribution in [2.75, 3.05) is 0 Å². The van der Waals surface area contributed by atoms with Crippen LogP contribution in [0.4, 0.5) is 0 Å². The van der Waals surface area contributed by atoms with E-state index >= 15 is 0 Å². The summed E-state index contributed by atoms with van der Waals surface area (Å²) in [5.74, 6) is 0. The first-order valence-corrected chi connectivity index (χ1v) is 10.3. The molecule has 0 aliphatic carbocycles. The van der Waals surface area contributed by atoms with Gasteiger partial charge < -0.3 is 5.73 Å². The van der Waals surface area contributed by atoms with Crippen LogP contribution in [0.25, 0.3) is 0 Å². The van der Waals surface area contributed by atoms with E-state index in [4.69, 9.17) is 11.1 Å². The summed E-state index contributed by atoms with van der Waals surface area (Å²) in [5, 5.41) is 9.19. The molecule has 0 unspecified atom stereocenters. The fourth-order valence-electron chi connectivity index (χ4n) is 2.65. The summed E-state index contributed by atoms with van der Waals surface area (Å²) in [6.45, 7) is 2.28. The number of rotatable bonds is 16. The maximum Gasteiger partial charge on any atom is 0.155 e. The lowest BCUT2D eigenvalue weighted by Gasteiger charge is -2.02. The van der Waals surface area contributed by atoms with E-state index in [2.05, 4.69) is 13.0 Å². The zero-order valence-electron chi connectivity index (χ0n) is 14.7. The minimum absolute atomic E-state index is 0.178. The molecular weight excluding hydrogens is 288 g/mol. The van der Waals surface area contributed by atoms with E-state index in [1.807, 2.05) is 5.41 Å². The fraction of sp³-hybridized carbons (Fsp3) is 0.842. The normalized spacial score (nSPS) is 11.3. The van der Waals surface area contributed by atoms with Gasteiger partial charge in [-0.15, -0.1) is 0 Å². The van der Waals surface area contributed by atoms with Crippen LogP contribution in [0.3, 0.4) is 0 Å². The van der Waals surface area contributed by atoms with Gasteiger partial charge in [0, 0.05) is 0 Å². The van der Waals surface area contributed by atoms with Crippen molar-refractivity contribution in [3.8, 4) is 0 Å². The molecule has 0 atom stereocenters. The zero-order chi connectivity index (χ0) is 16.3. The van der Waals surface area contributed by atoms with Crippen LogP contribution in [0.5, 0.6) is 0 Å². The van der Waals surface area contributed by atoms with E-state index in [0.29, 0.717) is 0 Å². The van der Waals surface area contributed by atoms with Crippen LogP contribution in [0, 0.1) is 5.41 Å². The van der Waals surface area contributed by atoms with E-state index in [-0.39, 0.29) is 5.17 Å². The summed E-state index contributed by atoms with van der Waals surface area (Å²) < 4.78 is 0. The molecule has 0 fully saturated rings. The third-order valence-electron chi connectivity index (χ3n) is 4.02. The average molecular weight is 327 g/mol. The molecule has 0 aromatic carbocycles. The standard InChI is InChI=1S/C19H38N2S/c1-2-3-4-5-6-7-8-9-10-11-12-13-14-15-16-17-18-22-19(20)21/h17-18H,2-16H2,1H3,(H3,20,21)/b18-17+. The summed E-state index contributed by atoms with van der Waals surface area (Å²) >= 11 is 1.30. The van der Waals surface area contributed by atoms with Crippen LogP contribution < -0.4 is 5.73 Å². The number of unbranched alkanes of at least 4 members (excludes halogenated alkanes) is 14. The Morgan fingerprint density at radius 2 is 1.18 bits per heavy atom. The Balaban J connectivity index is 3.02. The smallest absolute Gasteiger partial charge is 0.155 e. The highest BCUT2D eigenvalue weighted by Gasteiger charge is 1.93. The lowest BCUT2D eigenvalue weighted by atomic mass is 10.0. The van der Waals surface area contributed by atoms with E-state index in [1.165, 1.54) is 102 Å². The summed E-state index contributed by atoms with van der Waals surface area (Å²) in [6.07, 6.45) is 23.0. The molecule has 130 valence electrons. The van der Waals surface area contributed by atoms with Gasteiger partial charge in [0.2, 0.25) is 0 Å². The summed E-state index contributed by atoms with van der Waals surface area (Å²) in [7, 11) is 0. The Morgan fingerprint density at radius 3 is 1.59 bits per heavy atom. The summed E-state index contributed by atoms with van der Waals surface area (Å²) in [5.41, 5.74) is 5.25. The Labute approximate surface area is 143 Å². The van der Waals surface area contributed by atoms with Crippen molar-refractivity contribution >= 4 is 16.9 Å². The molecule has 22 heavy (non-hydrogen) atoms. The van der Waals surface area contributed by atoms with Gasteiger partial charge in [0.05, 0.1) is 0 Å². The largest absolute Gasteiger partial charge is 0.378 e. The Morgan fingerprint density at radius 1 is 0.773 bits per heavy atom. The number of nitrogens with one attached hydrogen (secondary N) is 1. The molecule has 0 spiro atoms. The van der Waals surface area contributed by atoms with Gasteiger partial charge in [-0.3, -0.25) is 5.41 Å². The summed E-state index contributed by atoms with van der Waals surface area (Å²) in [4.78, 5) is 0. The Hall–Kier alpha value is -0.440. The first-order valence-electron chi connectivity index (χ1n) is 9.43. The molecule has 0 aromatic rings. The molecule has 0 bridgehead atoms. The van der Waals surface area contributed by atoms with Gasteiger partial charge in [-0.1, -0.05) is 108 Å². The molecule has 0 heterocycles. The molecule has 0 amide bonds. The highest BCUT2D eigenvalue weighted by atomic mass is 32.2. The highest BCUT2D eigenvalue weighted by molar-refractivity contribution is 8.16. The predicted octanol–water partition coefficient (Wildman–Crippen LogP) is 7.00. The monoisotopic (exact) mass is 326 g/mol. The van der Waals surface area contributed by atoms with E-state index in [9.17, 15) is 0 Å². The predicted molar refractivity (Wildman–Crippen MR) is 104 cm³/mol. The van der Waals surface area contributed by atoms with E-state index in [0.717, 1.165) is 6.42 Å².